The van der Waals surface area contributed by atoms with Gasteiger partial charge < -0.3 is 9.84 Å². The number of carbonyl (C=O) groups is 2. The van der Waals surface area contributed by atoms with Gasteiger partial charge in [0.1, 0.15) is 5.82 Å². The van der Waals surface area contributed by atoms with E-state index in [-0.39, 0.29) is 28.4 Å². The number of nitrogens with one attached hydrogen (secondary N) is 2. The lowest BCUT2D eigenvalue weighted by atomic mass is 10.3. The van der Waals surface area contributed by atoms with Crippen LogP contribution in [0.2, 0.25) is 0 Å². The summed E-state index contributed by atoms with van der Waals surface area (Å²) in [5, 5.41) is 11.1. The van der Waals surface area contributed by atoms with Gasteiger partial charge in [0.05, 0.1) is 12.0 Å². The van der Waals surface area contributed by atoms with Crippen molar-refractivity contribution >= 4 is 33.8 Å². The molecule has 0 bridgehead atoms. The van der Waals surface area contributed by atoms with E-state index in [1.807, 2.05) is 0 Å². The van der Waals surface area contributed by atoms with Crippen molar-refractivity contribution in [3.05, 3.63) is 30.1 Å². The van der Waals surface area contributed by atoms with Crippen molar-refractivity contribution in [2.45, 2.75) is 11.8 Å². The second-order valence-electron chi connectivity index (χ2n) is 5.09. The van der Waals surface area contributed by atoms with Crippen LogP contribution in [0.5, 0.6) is 6.01 Å². The Morgan fingerprint density at radius 1 is 1.22 bits per heavy atom. The number of benzene rings is 1. The van der Waals surface area contributed by atoms with Gasteiger partial charge in [-0.05, 0) is 25.1 Å². The first kappa shape index (κ1) is 19.8. The van der Waals surface area contributed by atoms with Crippen LogP contribution in [0.4, 0.5) is 21.2 Å². The van der Waals surface area contributed by atoms with Crippen molar-refractivity contribution < 1.29 is 27.9 Å². The predicted molar refractivity (Wildman–Crippen MR) is 93.3 cm³/mol. The van der Waals surface area contributed by atoms with E-state index < -0.39 is 22.1 Å². The molecule has 0 fully saturated rings. The number of sulfonamides is 1. The fourth-order valence-electron chi connectivity index (χ4n) is 1.88. The van der Waals surface area contributed by atoms with Crippen LogP contribution in [0.25, 0.3) is 0 Å². The zero-order chi connectivity index (χ0) is 20.2. The topological polar surface area (TPSA) is 164 Å². The zero-order valence-electron chi connectivity index (χ0n) is 14.5. The van der Waals surface area contributed by atoms with Crippen molar-refractivity contribution in [2.75, 3.05) is 24.4 Å². The molecule has 2 rings (SSSR count). The van der Waals surface area contributed by atoms with Crippen LogP contribution in [-0.2, 0) is 10.0 Å². The molecular weight excluding hydrogens is 380 g/mol. The van der Waals surface area contributed by atoms with E-state index in [4.69, 9.17) is 9.84 Å². The molecule has 0 aliphatic rings. The summed E-state index contributed by atoms with van der Waals surface area (Å²) in [4.78, 5) is 35.0. The fourth-order valence-corrected chi connectivity index (χ4v) is 2.83. The molecule has 12 nitrogen and oxygen atoms in total. The van der Waals surface area contributed by atoms with Crippen LogP contribution in [0.3, 0.4) is 0 Å². The van der Waals surface area contributed by atoms with E-state index in [9.17, 15) is 18.0 Å². The Morgan fingerprint density at radius 2 is 1.93 bits per heavy atom. The Balaban J connectivity index is 2.18. The molecule has 1 aromatic carbocycles. The van der Waals surface area contributed by atoms with Crippen molar-refractivity contribution in [2.24, 2.45) is 0 Å². The minimum absolute atomic E-state index is 0.0509. The predicted octanol–water partition coefficient (Wildman–Crippen LogP) is 0.813. The highest BCUT2D eigenvalue weighted by atomic mass is 32.2. The number of amides is 3. The first-order valence-corrected chi connectivity index (χ1v) is 8.78. The lowest BCUT2D eigenvalue weighted by Gasteiger charge is -2.14. The summed E-state index contributed by atoms with van der Waals surface area (Å²) in [6.07, 6.45) is -1.27. The number of aromatic nitrogens is 3. The smallest absolute Gasteiger partial charge is 0.411 e. The van der Waals surface area contributed by atoms with Gasteiger partial charge in [-0.15, -0.1) is 0 Å². The largest absolute Gasteiger partial charge is 0.467 e. The SMILES string of the molecule is COc1nc(C)nc(NC(=O)NS(=O)(=O)c2cccc(N(C)C(=O)O)c2)n1. The molecule has 0 saturated carbocycles. The molecule has 0 atom stereocenters. The molecule has 0 saturated heterocycles. The summed E-state index contributed by atoms with van der Waals surface area (Å²) in [6.45, 7) is 1.54. The molecule has 0 unspecified atom stereocenters. The summed E-state index contributed by atoms with van der Waals surface area (Å²) < 4.78 is 31.3. The molecular formula is C14H16N6O6S. The summed E-state index contributed by atoms with van der Waals surface area (Å²) in [5.41, 5.74) is 0.114. The lowest BCUT2D eigenvalue weighted by Crippen LogP contribution is -2.35. The lowest BCUT2D eigenvalue weighted by molar-refractivity contribution is 0.203. The number of aryl methyl sites for hydroxylation is 1. The monoisotopic (exact) mass is 396 g/mol. The van der Waals surface area contributed by atoms with Gasteiger partial charge in [0.15, 0.2) is 0 Å². The molecule has 1 heterocycles. The molecule has 3 N–H and O–H groups in total. The van der Waals surface area contributed by atoms with Gasteiger partial charge in [-0.3, -0.25) is 10.2 Å². The number of carboxylic acid groups (broad SMARTS) is 1. The molecule has 1 aromatic heterocycles. The summed E-state index contributed by atoms with van der Waals surface area (Å²) >= 11 is 0. The summed E-state index contributed by atoms with van der Waals surface area (Å²) in [5.74, 6) is 0.0517. The Hall–Kier alpha value is -3.48. The number of urea groups is 1. The van der Waals surface area contributed by atoms with E-state index in [1.54, 1.807) is 4.72 Å². The van der Waals surface area contributed by atoms with E-state index in [2.05, 4.69) is 20.3 Å². The third-order valence-electron chi connectivity index (χ3n) is 3.16. The molecule has 2 aromatic rings. The van der Waals surface area contributed by atoms with Gasteiger partial charge in [0.2, 0.25) is 5.95 Å². The van der Waals surface area contributed by atoms with Crippen LogP contribution in [0.15, 0.2) is 29.2 Å². The average Bonchev–Trinajstić information content (AvgIpc) is 2.59. The highest BCUT2D eigenvalue weighted by molar-refractivity contribution is 7.90. The number of carbonyl (C=O) groups excluding carboxylic acids is 1. The maximum atomic E-state index is 12.4. The van der Waals surface area contributed by atoms with E-state index in [1.165, 1.54) is 39.3 Å². The van der Waals surface area contributed by atoms with E-state index in [0.717, 1.165) is 11.0 Å². The minimum atomic E-state index is -4.27. The molecule has 0 aliphatic carbocycles. The summed E-state index contributed by atoms with van der Waals surface area (Å²) in [7, 11) is -1.69. The van der Waals surface area contributed by atoms with Gasteiger partial charge >= 0.3 is 18.1 Å². The number of ether oxygens (including phenoxy) is 1. The molecule has 27 heavy (non-hydrogen) atoms. The Kier molecular flexibility index (Phi) is 5.75. The zero-order valence-corrected chi connectivity index (χ0v) is 15.3. The van der Waals surface area contributed by atoms with E-state index >= 15 is 0 Å². The maximum Gasteiger partial charge on any atom is 0.411 e. The first-order chi connectivity index (χ1) is 12.6. The van der Waals surface area contributed by atoms with Crippen molar-refractivity contribution in [3.63, 3.8) is 0 Å². The van der Waals surface area contributed by atoms with E-state index in [0.29, 0.717) is 0 Å². The average molecular weight is 396 g/mol. The number of hydrogen-bond acceptors (Lipinski definition) is 8. The van der Waals surface area contributed by atoms with Crippen LogP contribution in [-0.4, -0.2) is 54.8 Å². The molecule has 144 valence electrons. The molecule has 13 heteroatoms. The molecule has 0 radical (unpaired) electrons. The molecule has 0 spiro atoms. The van der Waals surface area contributed by atoms with Crippen molar-refractivity contribution in [1.29, 1.82) is 0 Å². The number of hydrogen-bond donors (Lipinski definition) is 3. The molecule has 0 aliphatic heterocycles. The van der Waals surface area contributed by atoms with Crippen LogP contribution in [0.1, 0.15) is 5.82 Å². The summed E-state index contributed by atoms with van der Waals surface area (Å²) in [6, 6.07) is 3.92. The van der Waals surface area contributed by atoms with Crippen LogP contribution in [0, 0.1) is 6.92 Å². The number of anilines is 2. The van der Waals surface area contributed by atoms with Gasteiger partial charge in [-0.1, -0.05) is 6.07 Å². The Bertz CT molecular complexity index is 980. The van der Waals surface area contributed by atoms with Gasteiger partial charge in [0, 0.05) is 12.7 Å². The third-order valence-corrected chi connectivity index (χ3v) is 4.49. The first-order valence-electron chi connectivity index (χ1n) is 7.29. The van der Waals surface area contributed by atoms with Crippen molar-refractivity contribution in [1.82, 2.24) is 19.7 Å². The quantitative estimate of drug-likeness (QED) is 0.663. The third kappa shape index (κ3) is 5.01. The minimum Gasteiger partial charge on any atom is -0.467 e. The second kappa shape index (κ2) is 7.82. The number of methoxy groups -OCH3 is 1. The highest BCUT2D eigenvalue weighted by Crippen LogP contribution is 2.18. The second-order valence-corrected chi connectivity index (χ2v) is 6.77. The molecule has 3 amide bonds. The normalized spacial score (nSPS) is 10.8. The number of rotatable bonds is 5. The maximum absolute atomic E-state index is 12.4. The van der Waals surface area contributed by atoms with Crippen LogP contribution < -0.4 is 19.7 Å². The van der Waals surface area contributed by atoms with Gasteiger partial charge in [-0.25, -0.2) is 22.7 Å². The van der Waals surface area contributed by atoms with Crippen LogP contribution >= 0.6 is 0 Å². The Labute approximate surface area is 154 Å². The van der Waals surface area contributed by atoms with Gasteiger partial charge in [0.25, 0.3) is 10.0 Å². The van der Waals surface area contributed by atoms with Gasteiger partial charge in [-0.2, -0.15) is 15.0 Å². The number of nitrogens with zero attached hydrogens (tertiary/aromatic N) is 4. The standard InChI is InChI=1S/C14H16N6O6S/c1-8-15-11(18-13(16-8)26-3)17-12(21)19-27(24,25)10-6-4-5-9(7-10)20(2)14(22)23/h4-7H,1-3H3,(H,22,23)(H2,15,16,17,18,19,21). The van der Waals surface area contributed by atoms with Crippen molar-refractivity contribution in [3.8, 4) is 6.01 Å². The Morgan fingerprint density at radius 3 is 2.56 bits per heavy atom. The fraction of sp³-hybridized carbons (Fsp3) is 0.214. The highest BCUT2D eigenvalue weighted by Gasteiger charge is 2.20.